The van der Waals surface area contributed by atoms with Crippen molar-refractivity contribution in [2.75, 3.05) is 11.0 Å². The van der Waals surface area contributed by atoms with Crippen LogP contribution in [-0.4, -0.2) is 17.0 Å². The second-order valence-electron chi connectivity index (χ2n) is 1.38. The van der Waals surface area contributed by atoms with Crippen LogP contribution >= 0.6 is 21.0 Å². The molecular weight excluding hydrogens is 233 g/mol. The zero-order chi connectivity index (χ0) is 7.11. The Hall–Kier alpha value is -0.0000000000000000555. The summed E-state index contributed by atoms with van der Waals surface area (Å²) in [4.78, 5) is 10.5. The van der Waals surface area contributed by atoms with Crippen LogP contribution in [0.5, 0.6) is 0 Å². The summed E-state index contributed by atoms with van der Waals surface area (Å²) >= 11 is -0.488. The van der Waals surface area contributed by atoms with E-state index >= 15 is 0 Å². The molecule has 3 nitrogen and oxygen atoms in total. The Labute approximate surface area is 64.7 Å². The molecule has 0 fully saturated rings. The van der Waals surface area contributed by atoms with Gasteiger partial charge in [-0.2, -0.15) is 0 Å². The molecule has 4 heteroatoms. The van der Waals surface area contributed by atoms with Crippen LogP contribution in [0.4, 0.5) is 0 Å². The Morgan fingerprint density at radius 1 is 1.78 bits per heavy atom. The summed E-state index contributed by atoms with van der Waals surface area (Å²) in [6, 6.07) is 0. The fourth-order valence-electron chi connectivity index (χ4n) is 0.358. The molecule has 1 N–H and O–H groups in total. The van der Waals surface area contributed by atoms with Crippen molar-refractivity contribution in [3.63, 3.8) is 0 Å². The first-order valence-electron chi connectivity index (χ1n) is 2.71. The van der Waals surface area contributed by atoms with Crippen LogP contribution in [0.15, 0.2) is 0 Å². The topological polar surface area (TPSA) is 50.2 Å². The fourth-order valence-corrected chi connectivity index (χ4v) is 1.07. The first kappa shape index (κ1) is 9.00. The zero-order valence-electron chi connectivity index (χ0n) is 5.32. The number of carbonyl (C=O) groups excluding carboxylic acids is 1. The number of carbonyl (C=O) groups is 1. The maximum Gasteiger partial charge on any atom is 0.306 e. The first-order valence-corrected chi connectivity index (χ1v) is 5.32. The van der Waals surface area contributed by atoms with Crippen molar-refractivity contribution < 1.29 is 9.53 Å². The third-order valence-electron chi connectivity index (χ3n) is 0.698. The molecule has 0 amide bonds. The van der Waals surface area contributed by atoms with E-state index in [4.69, 9.17) is 3.56 Å². The van der Waals surface area contributed by atoms with Crippen LogP contribution in [0, 0.1) is 3.56 Å². The van der Waals surface area contributed by atoms with Crippen molar-refractivity contribution in [3.05, 3.63) is 0 Å². The first-order chi connectivity index (χ1) is 4.31. The lowest BCUT2D eigenvalue weighted by Crippen LogP contribution is -2.03. The van der Waals surface area contributed by atoms with Crippen molar-refractivity contribution in [2.45, 2.75) is 13.3 Å². The summed E-state index contributed by atoms with van der Waals surface area (Å²) in [7, 11) is 0. The van der Waals surface area contributed by atoms with Crippen molar-refractivity contribution in [3.8, 4) is 0 Å². The van der Waals surface area contributed by atoms with Crippen LogP contribution < -0.4 is 0 Å². The predicted molar refractivity (Wildman–Crippen MR) is 42.9 cm³/mol. The monoisotopic (exact) mass is 243 g/mol. The highest BCUT2D eigenvalue weighted by atomic mass is 127. The van der Waals surface area contributed by atoms with E-state index in [9.17, 15) is 4.79 Å². The van der Waals surface area contributed by atoms with E-state index in [1.807, 2.05) is 0 Å². The Morgan fingerprint density at radius 3 is 2.89 bits per heavy atom. The molecule has 0 saturated carbocycles. The molecule has 0 bridgehead atoms. The molecule has 0 unspecified atom stereocenters. The van der Waals surface area contributed by atoms with E-state index in [0.717, 1.165) is 4.43 Å². The van der Waals surface area contributed by atoms with E-state index in [-0.39, 0.29) is 5.97 Å². The van der Waals surface area contributed by atoms with E-state index in [1.165, 1.54) is 0 Å². The van der Waals surface area contributed by atoms with Gasteiger partial charge in [0.1, 0.15) is 0 Å². The van der Waals surface area contributed by atoms with Gasteiger partial charge >= 0.3 is 5.97 Å². The minimum Gasteiger partial charge on any atom is -0.466 e. The van der Waals surface area contributed by atoms with Gasteiger partial charge in [0.2, 0.25) is 0 Å². The number of hydrogen-bond donors (Lipinski definition) is 1. The molecule has 0 rings (SSSR count). The molecule has 0 saturated heterocycles. The molecule has 0 aliphatic rings. The van der Waals surface area contributed by atoms with Gasteiger partial charge in [-0.15, -0.1) is 0 Å². The zero-order valence-corrected chi connectivity index (χ0v) is 7.47. The molecule has 0 radical (unpaired) electrons. The molecule has 0 atom stereocenters. The van der Waals surface area contributed by atoms with Crippen molar-refractivity contribution >= 4 is 27.0 Å². The molecule has 0 spiro atoms. The van der Waals surface area contributed by atoms with Gasteiger partial charge in [0.25, 0.3) is 0 Å². The molecule has 0 aromatic rings. The smallest absolute Gasteiger partial charge is 0.306 e. The number of hydrogen-bond acceptors (Lipinski definition) is 3. The summed E-state index contributed by atoms with van der Waals surface area (Å²) in [6.45, 7) is 2.24. The molecule has 0 aromatic heterocycles. The number of nitrogens with one attached hydrogen (secondary N) is 1. The normalized spacial score (nSPS) is 9.00. The summed E-state index contributed by atoms with van der Waals surface area (Å²) in [6.07, 6.45) is 0.435. The van der Waals surface area contributed by atoms with Gasteiger partial charge in [0.05, 0.1) is 13.0 Å². The van der Waals surface area contributed by atoms with Gasteiger partial charge in [-0.1, -0.05) is 0 Å². The predicted octanol–water partition coefficient (Wildman–Crippen LogP) is 1.67. The minimum atomic E-state index is -0.488. The maximum absolute atomic E-state index is 10.5. The number of alkyl halides is 1. The Balaban J connectivity index is 3.16. The van der Waals surface area contributed by atoms with Gasteiger partial charge in [-0.3, -0.25) is 8.36 Å². The van der Waals surface area contributed by atoms with Crippen molar-refractivity contribution in [1.29, 1.82) is 3.56 Å². The third kappa shape index (κ3) is 5.88. The van der Waals surface area contributed by atoms with Crippen LogP contribution in [0.3, 0.4) is 0 Å². The lowest BCUT2D eigenvalue weighted by molar-refractivity contribution is -0.142. The quantitative estimate of drug-likeness (QED) is 0.464. The highest BCUT2D eigenvalue weighted by molar-refractivity contribution is 14.1. The van der Waals surface area contributed by atoms with Crippen LogP contribution in [0.1, 0.15) is 13.3 Å². The number of ether oxygens (including phenoxy) is 1. The second kappa shape index (κ2) is 6.12. The van der Waals surface area contributed by atoms with Gasteiger partial charge in [0.15, 0.2) is 0 Å². The molecule has 0 aromatic carbocycles. The standard InChI is InChI=1S/C5H10INO2/c1-2-9-5(8)3-4-6-7/h7H,2-4H2,1H3. The second-order valence-corrected chi connectivity index (χ2v) is 3.22. The number of esters is 1. The average molecular weight is 243 g/mol. The van der Waals surface area contributed by atoms with Crippen molar-refractivity contribution in [2.24, 2.45) is 0 Å². The van der Waals surface area contributed by atoms with Crippen LogP contribution in [0.2, 0.25) is 0 Å². The largest absolute Gasteiger partial charge is 0.466 e. The number of rotatable bonds is 4. The van der Waals surface area contributed by atoms with Crippen molar-refractivity contribution in [1.82, 2.24) is 0 Å². The molecule has 0 heterocycles. The van der Waals surface area contributed by atoms with Crippen LogP contribution in [-0.2, 0) is 9.53 Å². The van der Waals surface area contributed by atoms with Gasteiger partial charge in [-0.05, 0) is 28.0 Å². The average Bonchev–Trinajstić information content (AvgIpc) is 1.85. The van der Waals surface area contributed by atoms with E-state index in [2.05, 4.69) is 4.74 Å². The minimum absolute atomic E-state index is 0.163. The summed E-state index contributed by atoms with van der Waals surface area (Å²) in [5.41, 5.74) is 0. The van der Waals surface area contributed by atoms with Gasteiger partial charge in [0, 0.05) is 4.43 Å². The van der Waals surface area contributed by atoms with E-state index in [1.54, 1.807) is 6.92 Å². The SMILES string of the molecule is CCOC(=O)CCI=N. The Kier molecular flexibility index (Phi) is 6.12. The summed E-state index contributed by atoms with van der Waals surface area (Å²) < 4.78 is 12.2. The molecule has 0 aliphatic carbocycles. The Morgan fingerprint density at radius 2 is 2.44 bits per heavy atom. The Bertz CT molecular complexity index is 105. The molecule has 54 valence electrons. The number of halogens is 1. The molecule has 9 heavy (non-hydrogen) atoms. The van der Waals surface area contributed by atoms with Crippen LogP contribution in [0.25, 0.3) is 0 Å². The molecule has 0 aliphatic heterocycles. The highest BCUT2D eigenvalue weighted by Gasteiger charge is 1.97. The maximum atomic E-state index is 10.5. The summed E-state index contributed by atoms with van der Waals surface area (Å²) in [5.74, 6) is -0.163. The lowest BCUT2D eigenvalue weighted by atomic mass is 10.5. The van der Waals surface area contributed by atoms with E-state index in [0.29, 0.717) is 13.0 Å². The fraction of sp³-hybridized carbons (Fsp3) is 0.800. The van der Waals surface area contributed by atoms with Gasteiger partial charge in [-0.25, -0.2) is 0 Å². The lowest BCUT2D eigenvalue weighted by Gasteiger charge is -1.96. The third-order valence-corrected chi connectivity index (χ3v) is 1.78. The molecular formula is C5H10INO2. The highest BCUT2D eigenvalue weighted by Crippen LogP contribution is 1.97. The van der Waals surface area contributed by atoms with Gasteiger partial charge < -0.3 is 4.74 Å². The van der Waals surface area contributed by atoms with E-state index < -0.39 is 21.0 Å². The summed E-state index contributed by atoms with van der Waals surface area (Å²) in [5, 5.41) is 0.